The SMILES string of the molecule is C=NOCc1ccc(N)c(N)n1.CC. The Labute approximate surface area is 83.8 Å². The number of nitrogen functional groups attached to an aromatic ring is 2. The number of aromatic nitrogens is 1. The maximum absolute atomic E-state index is 5.45. The zero-order valence-corrected chi connectivity index (χ0v) is 8.53. The lowest BCUT2D eigenvalue weighted by molar-refractivity contribution is 0.130. The van der Waals surface area contributed by atoms with Gasteiger partial charge in [0.1, 0.15) is 5.82 Å². The molecule has 0 amide bonds. The molecule has 0 bridgehead atoms. The molecule has 0 spiro atoms. The second-order valence-corrected chi connectivity index (χ2v) is 2.18. The summed E-state index contributed by atoms with van der Waals surface area (Å²) in [6, 6.07) is 3.39. The summed E-state index contributed by atoms with van der Waals surface area (Å²) in [5, 5.41) is 3.22. The summed E-state index contributed by atoms with van der Waals surface area (Å²) in [5.74, 6) is 0.306. The molecule has 0 saturated carbocycles. The summed E-state index contributed by atoms with van der Waals surface area (Å²) >= 11 is 0. The van der Waals surface area contributed by atoms with Crippen LogP contribution in [0.15, 0.2) is 17.3 Å². The molecule has 1 heterocycles. The molecule has 5 nitrogen and oxygen atoms in total. The Morgan fingerprint density at radius 2 is 2.07 bits per heavy atom. The van der Waals surface area contributed by atoms with Gasteiger partial charge < -0.3 is 16.3 Å². The van der Waals surface area contributed by atoms with Crippen molar-refractivity contribution < 1.29 is 4.84 Å². The zero-order valence-electron chi connectivity index (χ0n) is 8.53. The quantitative estimate of drug-likeness (QED) is 0.565. The van der Waals surface area contributed by atoms with Crippen LogP contribution in [0.2, 0.25) is 0 Å². The average Bonchev–Trinajstić information content (AvgIpc) is 2.23. The van der Waals surface area contributed by atoms with Crippen molar-refractivity contribution in [1.82, 2.24) is 4.98 Å². The number of pyridine rings is 1. The normalized spacial score (nSPS) is 8.43. The van der Waals surface area contributed by atoms with Crippen LogP contribution >= 0.6 is 0 Å². The maximum Gasteiger partial charge on any atom is 0.159 e. The largest absolute Gasteiger partial charge is 0.396 e. The molecule has 1 aromatic rings. The molecule has 1 rings (SSSR count). The van der Waals surface area contributed by atoms with Crippen LogP contribution < -0.4 is 11.5 Å². The zero-order chi connectivity index (χ0) is 11.0. The number of hydrogen-bond acceptors (Lipinski definition) is 5. The molecule has 1 aromatic heterocycles. The van der Waals surface area contributed by atoms with E-state index in [0.717, 1.165) is 0 Å². The van der Waals surface area contributed by atoms with Crippen molar-refractivity contribution in [2.45, 2.75) is 20.5 Å². The first kappa shape index (κ1) is 12.2. The molecular weight excluding hydrogens is 180 g/mol. The van der Waals surface area contributed by atoms with Gasteiger partial charge in [0.2, 0.25) is 0 Å². The van der Waals surface area contributed by atoms with Crippen LogP contribution in [0.3, 0.4) is 0 Å². The van der Waals surface area contributed by atoms with Gasteiger partial charge in [-0.2, -0.15) is 0 Å². The summed E-state index contributed by atoms with van der Waals surface area (Å²) in [7, 11) is 0. The van der Waals surface area contributed by atoms with E-state index >= 15 is 0 Å². The summed E-state index contributed by atoms with van der Waals surface area (Å²) in [4.78, 5) is 8.62. The molecule has 0 atom stereocenters. The van der Waals surface area contributed by atoms with Crippen LogP contribution in [0, 0.1) is 0 Å². The molecule has 0 unspecified atom stereocenters. The molecule has 4 N–H and O–H groups in total. The molecular formula is C9H16N4O. The Morgan fingerprint density at radius 3 is 2.57 bits per heavy atom. The van der Waals surface area contributed by atoms with Crippen molar-refractivity contribution >= 4 is 18.2 Å². The van der Waals surface area contributed by atoms with Gasteiger partial charge >= 0.3 is 0 Å². The van der Waals surface area contributed by atoms with Gasteiger partial charge in [0.15, 0.2) is 6.61 Å². The molecule has 0 aliphatic heterocycles. The minimum Gasteiger partial charge on any atom is -0.396 e. The molecule has 14 heavy (non-hydrogen) atoms. The van der Waals surface area contributed by atoms with Crippen LogP contribution in [0.1, 0.15) is 19.5 Å². The van der Waals surface area contributed by atoms with E-state index in [2.05, 4.69) is 21.7 Å². The van der Waals surface area contributed by atoms with Crippen molar-refractivity contribution in [3.05, 3.63) is 17.8 Å². The standard InChI is InChI=1S/C7H10N4O.C2H6/c1-10-12-4-5-2-3-6(8)7(9)11-5;1-2/h2-3H,1,4,8H2,(H2,9,11);1-2H3. The van der Waals surface area contributed by atoms with E-state index in [1.165, 1.54) is 0 Å². The second-order valence-electron chi connectivity index (χ2n) is 2.18. The fraction of sp³-hybridized carbons (Fsp3) is 0.333. The van der Waals surface area contributed by atoms with Crippen LogP contribution in [0.5, 0.6) is 0 Å². The molecule has 78 valence electrons. The highest BCUT2D eigenvalue weighted by atomic mass is 16.6. The van der Waals surface area contributed by atoms with Gasteiger partial charge in [-0.25, -0.2) is 4.98 Å². The Kier molecular flexibility index (Phi) is 5.85. The monoisotopic (exact) mass is 196 g/mol. The topological polar surface area (TPSA) is 86.5 Å². The highest BCUT2D eigenvalue weighted by Gasteiger charge is 1.98. The van der Waals surface area contributed by atoms with Crippen molar-refractivity contribution in [2.75, 3.05) is 11.5 Å². The van der Waals surface area contributed by atoms with Crippen molar-refractivity contribution in [1.29, 1.82) is 0 Å². The highest BCUT2D eigenvalue weighted by Crippen LogP contribution is 2.11. The summed E-state index contributed by atoms with van der Waals surface area (Å²) in [6.45, 7) is 7.42. The summed E-state index contributed by atoms with van der Waals surface area (Å²) in [5.41, 5.74) is 12.0. The Bertz CT molecular complexity index is 288. The molecule has 0 aliphatic rings. The van der Waals surface area contributed by atoms with Gasteiger partial charge in [0, 0.05) is 6.72 Å². The van der Waals surface area contributed by atoms with Crippen LogP contribution in [-0.4, -0.2) is 11.7 Å². The van der Waals surface area contributed by atoms with Gasteiger partial charge in [-0.05, 0) is 12.1 Å². The lowest BCUT2D eigenvalue weighted by Crippen LogP contribution is -2.01. The highest BCUT2D eigenvalue weighted by molar-refractivity contribution is 5.57. The van der Waals surface area contributed by atoms with Gasteiger partial charge in [0.05, 0.1) is 11.4 Å². The third-order valence-corrected chi connectivity index (χ3v) is 1.32. The van der Waals surface area contributed by atoms with E-state index < -0.39 is 0 Å². The Morgan fingerprint density at radius 1 is 1.43 bits per heavy atom. The molecule has 0 radical (unpaired) electrons. The molecule has 0 fully saturated rings. The van der Waals surface area contributed by atoms with E-state index in [1.54, 1.807) is 12.1 Å². The van der Waals surface area contributed by atoms with E-state index in [9.17, 15) is 0 Å². The fourth-order valence-corrected chi connectivity index (χ4v) is 0.720. The summed E-state index contributed by atoms with van der Waals surface area (Å²) < 4.78 is 0. The summed E-state index contributed by atoms with van der Waals surface area (Å²) in [6.07, 6.45) is 0. The predicted octanol–water partition coefficient (Wildman–Crippen LogP) is 1.40. The first-order valence-electron chi connectivity index (χ1n) is 4.33. The Hall–Kier alpha value is -1.78. The van der Waals surface area contributed by atoms with Crippen molar-refractivity contribution in [2.24, 2.45) is 5.16 Å². The minimum absolute atomic E-state index is 0.258. The van der Waals surface area contributed by atoms with Gasteiger partial charge in [-0.3, -0.25) is 0 Å². The number of rotatable bonds is 3. The molecule has 0 saturated heterocycles. The number of hydrogen-bond donors (Lipinski definition) is 2. The molecule has 0 aromatic carbocycles. The maximum atomic E-state index is 5.45. The minimum atomic E-state index is 0.258. The van der Waals surface area contributed by atoms with E-state index in [4.69, 9.17) is 11.5 Å². The van der Waals surface area contributed by atoms with Crippen LogP contribution in [0.25, 0.3) is 0 Å². The average molecular weight is 196 g/mol. The van der Waals surface area contributed by atoms with E-state index in [1.807, 2.05) is 13.8 Å². The van der Waals surface area contributed by atoms with Crippen molar-refractivity contribution in [3.8, 4) is 0 Å². The smallest absolute Gasteiger partial charge is 0.159 e. The Balaban J connectivity index is 0.000000791. The second kappa shape index (κ2) is 6.71. The van der Waals surface area contributed by atoms with E-state index in [0.29, 0.717) is 17.2 Å². The lowest BCUT2D eigenvalue weighted by atomic mass is 10.3. The lowest BCUT2D eigenvalue weighted by Gasteiger charge is -2.01. The van der Waals surface area contributed by atoms with E-state index in [-0.39, 0.29) is 6.61 Å². The number of oxime groups is 1. The number of nitrogens with zero attached hydrogens (tertiary/aromatic N) is 2. The molecule has 0 aliphatic carbocycles. The number of anilines is 2. The van der Waals surface area contributed by atoms with Crippen molar-refractivity contribution in [3.63, 3.8) is 0 Å². The molecule has 5 heteroatoms. The van der Waals surface area contributed by atoms with Gasteiger partial charge in [0.25, 0.3) is 0 Å². The van der Waals surface area contributed by atoms with Gasteiger partial charge in [-0.1, -0.05) is 13.8 Å². The first-order valence-corrected chi connectivity index (χ1v) is 4.33. The van der Waals surface area contributed by atoms with Crippen LogP contribution in [0.4, 0.5) is 11.5 Å². The first-order chi connectivity index (χ1) is 6.74. The fourth-order valence-electron chi connectivity index (χ4n) is 0.720. The third-order valence-electron chi connectivity index (χ3n) is 1.32. The van der Waals surface area contributed by atoms with Gasteiger partial charge in [-0.15, -0.1) is 5.16 Å². The predicted molar refractivity (Wildman–Crippen MR) is 58.7 cm³/mol. The third kappa shape index (κ3) is 3.75. The number of nitrogens with two attached hydrogens (primary N) is 2. The van der Waals surface area contributed by atoms with Crippen LogP contribution in [-0.2, 0) is 11.4 Å².